The molecule has 0 aliphatic rings. The van der Waals surface area contributed by atoms with Gasteiger partial charge in [-0.05, 0) is 38.1 Å². The zero-order valence-electron chi connectivity index (χ0n) is 21.8. The van der Waals surface area contributed by atoms with Gasteiger partial charge in [-0.2, -0.15) is 34.4 Å². The number of rotatable bonds is 2. The second-order valence-electron chi connectivity index (χ2n) is 8.32. The molecule has 37 heavy (non-hydrogen) atoms. The Kier molecular flexibility index (Phi) is 15.0. The van der Waals surface area contributed by atoms with Crippen molar-refractivity contribution in [1.82, 2.24) is 0 Å². The number of benzene rings is 2. The summed E-state index contributed by atoms with van der Waals surface area (Å²) in [6, 6.07) is 24.2. The SMILES string of the molecule is Cc1ccc(S(=O)(=O)[O-])cc1.Cc1ccc(S(=O)(=O)[O-])cc1.Cc1ccc[c-]1C.Cc1ccc[c-]1C.[Zr+4]. The third kappa shape index (κ3) is 13.8. The molecule has 196 valence electrons. The Bertz CT molecular complexity index is 1270. The molecule has 0 aromatic heterocycles. The van der Waals surface area contributed by atoms with Gasteiger partial charge in [-0.3, -0.25) is 0 Å². The molecule has 0 unspecified atom stereocenters. The van der Waals surface area contributed by atoms with Crippen molar-refractivity contribution in [2.75, 3.05) is 0 Å². The van der Waals surface area contributed by atoms with E-state index in [1.807, 2.05) is 13.8 Å². The summed E-state index contributed by atoms with van der Waals surface area (Å²) in [5.41, 5.74) is 7.41. The predicted octanol–water partition coefficient (Wildman–Crippen LogP) is 5.84. The van der Waals surface area contributed by atoms with Crippen LogP contribution in [-0.4, -0.2) is 25.9 Å². The third-order valence-electron chi connectivity index (χ3n) is 5.25. The van der Waals surface area contributed by atoms with E-state index in [0.717, 1.165) is 11.1 Å². The normalized spacial score (nSPS) is 10.4. The Morgan fingerprint density at radius 2 is 0.811 bits per heavy atom. The van der Waals surface area contributed by atoms with Gasteiger partial charge in [-0.15, -0.1) is 0 Å². The molecule has 4 aromatic rings. The summed E-state index contributed by atoms with van der Waals surface area (Å²) in [5.74, 6) is 0. The Balaban J connectivity index is 0.000000473. The van der Waals surface area contributed by atoms with E-state index < -0.39 is 20.2 Å². The molecule has 0 N–H and O–H groups in total. The van der Waals surface area contributed by atoms with Crippen LogP contribution in [0.1, 0.15) is 33.4 Å². The molecular formula is C28H32O6S2Zr. The van der Waals surface area contributed by atoms with Crippen LogP contribution in [0.3, 0.4) is 0 Å². The van der Waals surface area contributed by atoms with E-state index in [1.54, 1.807) is 24.3 Å². The van der Waals surface area contributed by atoms with Gasteiger partial charge < -0.3 is 9.11 Å². The molecule has 0 fully saturated rings. The number of aryl methyl sites for hydroxylation is 6. The summed E-state index contributed by atoms with van der Waals surface area (Å²) in [6.07, 6.45) is 0. The van der Waals surface area contributed by atoms with E-state index >= 15 is 0 Å². The third-order valence-corrected chi connectivity index (χ3v) is 6.95. The predicted molar refractivity (Wildman–Crippen MR) is 141 cm³/mol. The van der Waals surface area contributed by atoms with Crippen LogP contribution in [0.25, 0.3) is 0 Å². The maximum absolute atomic E-state index is 10.4. The molecule has 0 atom stereocenters. The minimum Gasteiger partial charge on any atom is -0.744 e. The maximum atomic E-state index is 10.4. The zero-order valence-corrected chi connectivity index (χ0v) is 25.9. The van der Waals surface area contributed by atoms with Gasteiger partial charge >= 0.3 is 26.2 Å². The molecule has 0 heterocycles. The van der Waals surface area contributed by atoms with Gasteiger partial charge in [0.15, 0.2) is 0 Å². The van der Waals surface area contributed by atoms with Crippen LogP contribution in [0.2, 0.25) is 0 Å². The Labute approximate surface area is 240 Å². The van der Waals surface area contributed by atoms with Crippen LogP contribution in [0.5, 0.6) is 0 Å². The van der Waals surface area contributed by atoms with Crippen LogP contribution in [-0.2, 0) is 46.4 Å². The number of hydrogen-bond acceptors (Lipinski definition) is 6. The Morgan fingerprint density at radius 3 is 0.946 bits per heavy atom. The molecule has 4 rings (SSSR count). The van der Waals surface area contributed by atoms with Crippen molar-refractivity contribution >= 4 is 20.2 Å². The van der Waals surface area contributed by atoms with Crippen molar-refractivity contribution in [1.29, 1.82) is 0 Å². The smallest absolute Gasteiger partial charge is 0.744 e. The second-order valence-corrected chi connectivity index (χ2v) is 11.1. The van der Waals surface area contributed by atoms with Gasteiger partial charge in [-0.25, -0.2) is 41.1 Å². The topological polar surface area (TPSA) is 114 Å². The van der Waals surface area contributed by atoms with Crippen molar-refractivity contribution in [2.24, 2.45) is 0 Å². The zero-order chi connectivity index (χ0) is 27.5. The summed E-state index contributed by atoms with van der Waals surface area (Å²) < 4.78 is 62.3. The first-order valence-corrected chi connectivity index (χ1v) is 13.9. The first-order valence-electron chi connectivity index (χ1n) is 11.0. The summed E-state index contributed by atoms with van der Waals surface area (Å²) in [6.45, 7) is 12.1. The maximum Gasteiger partial charge on any atom is 4.00 e. The molecule has 9 heteroatoms. The fourth-order valence-corrected chi connectivity index (χ4v) is 3.55. The fourth-order valence-electron chi connectivity index (χ4n) is 2.61. The van der Waals surface area contributed by atoms with Gasteiger partial charge in [0.25, 0.3) is 0 Å². The first kappa shape index (κ1) is 34.8. The molecular weight excluding hydrogens is 588 g/mol. The molecule has 0 aliphatic heterocycles. The van der Waals surface area contributed by atoms with Crippen molar-refractivity contribution in [2.45, 2.75) is 51.3 Å². The monoisotopic (exact) mass is 618 g/mol. The van der Waals surface area contributed by atoms with Gasteiger partial charge in [0.1, 0.15) is 20.2 Å². The van der Waals surface area contributed by atoms with Crippen molar-refractivity contribution in [3.63, 3.8) is 0 Å². The van der Waals surface area contributed by atoms with E-state index in [2.05, 4.69) is 64.1 Å². The van der Waals surface area contributed by atoms with Gasteiger partial charge in [0, 0.05) is 0 Å². The minimum atomic E-state index is -4.27. The first-order chi connectivity index (χ1) is 16.6. The molecule has 0 saturated carbocycles. The second kappa shape index (κ2) is 15.9. The van der Waals surface area contributed by atoms with E-state index in [-0.39, 0.29) is 36.0 Å². The molecule has 4 aromatic carbocycles. The molecule has 0 saturated heterocycles. The number of hydrogen-bond donors (Lipinski definition) is 0. The largest absolute Gasteiger partial charge is 4.00 e. The fraction of sp³-hybridized carbons (Fsp3) is 0.214. The van der Waals surface area contributed by atoms with Crippen molar-refractivity contribution < 1.29 is 52.1 Å². The van der Waals surface area contributed by atoms with E-state index in [0.29, 0.717) is 0 Å². The van der Waals surface area contributed by atoms with Crippen LogP contribution >= 0.6 is 0 Å². The molecule has 0 bridgehead atoms. The van der Waals surface area contributed by atoms with Crippen LogP contribution in [0.4, 0.5) is 0 Å². The van der Waals surface area contributed by atoms with Crippen molar-refractivity contribution in [3.05, 3.63) is 118 Å². The molecule has 6 nitrogen and oxygen atoms in total. The van der Waals surface area contributed by atoms with Crippen LogP contribution < -0.4 is 0 Å². The molecule has 0 spiro atoms. The van der Waals surface area contributed by atoms with Crippen LogP contribution in [0.15, 0.2) is 94.7 Å². The van der Waals surface area contributed by atoms with Gasteiger partial charge in [0.2, 0.25) is 0 Å². The van der Waals surface area contributed by atoms with E-state index in [4.69, 9.17) is 0 Å². The Morgan fingerprint density at radius 1 is 0.541 bits per heavy atom. The standard InChI is InChI=1S/2C7H8O3S.2C7H9.Zr/c2*1-6-2-4-7(5-3-6)11(8,9)10;2*1-6-4-3-5-7(6)2;/h2*2-5H,1H3,(H,8,9,10);2*3-5H,1-2H3;/q;;2*-1;+4/p-2. The molecule has 0 radical (unpaired) electrons. The van der Waals surface area contributed by atoms with E-state index in [9.17, 15) is 25.9 Å². The van der Waals surface area contributed by atoms with E-state index in [1.165, 1.54) is 46.5 Å². The summed E-state index contributed by atoms with van der Waals surface area (Å²) in [7, 11) is -8.54. The summed E-state index contributed by atoms with van der Waals surface area (Å²) in [5, 5.41) is 0. The average Bonchev–Trinajstić information content (AvgIpc) is 3.35. The van der Waals surface area contributed by atoms with Crippen LogP contribution in [0, 0.1) is 41.5 Å². The minimum absolute atomic E-state index is 0. The molecule has 0 amide bonds. The van der Waals surface area contributed by atoms with Gasteiger partial charge in [-0.1, -0.05) is 63.1 Å². The summed E-state index contributed by atoms with van der Waals surface area (Å²) >= 11 is 0. The molecule has 0 aliphatic carbocycles. The van der Waals surface area contributed by atoms with Gasteiger partial charge in [0.05, 0.1) is 9.79 Å². The van der Waals surface area contributed by atoms with Crippen molar-refractivity contribution in [3.8, 4) is 0 Å². The summed E-state index contributed by atoms with van der Waals surface area (Å²) in [4.78, 5) is -0.355. The quantitative estimate of drug-likeness (QED) is 0.206. The average molecular weight is 620 g/mol. The Hall–Kier alpha value is -2.16.